The average molecular weight is 267 g/mol. The minimum absolute atomic E-state index is 0.420. The lowest BCUT2D eigenvalue weighted by Gasteiger charge is -2.14. The third kappa shape index (κ3) is 2.02. The van der Waals surface area contributed by atoms with E-state index in [-0.39, 0.29) is 0 Å². The normalized spacial score (nSPS) is 17.5. The van der Waals surface area contributed by atoms with Crippen LogP contribution < -0.4 is 0 Å². The van der Waals surface area contributed by atoms with E-state index in [1.165, 1.54) is 19.3 Å². The van der Waals surface area contributed by atoms with Crippen molar-refractivity contribution in [2.45, 2.75) is 32.2 Å². The van der Waals surface area contributed by atoms with Gasteiger partial charge in [-0.2, -0.15) is 0 Å². The van der Waals surface area contributed by atoms with Crippen molar-refractivity contribution in [3.05, 3.63) is 28.0 Å². The summed E-state index contributed by atoms with van der Waals surface area (Å²) in [4.78, 5) is 3.24. The van der Waals surface area contributed by atoms with Gasteiger partial charge in [-0.25, -0.2) is 0 Å². The molecule has 3 rings (SSSR count). The third-order valence-corrected chi connectivity index (χ3v) is 4.10. The van der Waals surface area contributed by atoms with Crippen molar-refractivity contribution >= 4 is 34.9 Å². The number of fused-ring (bicyclic) bond motifs is 1. The molecule has 4 heteroatoms. The number of halogens is 1. The van der Waals surface area contributed by atoms with Crippen molar-refractivity contribution < 1.29 is 0 Å². The highest BCUT2D eigenvalue weighted by atomic mass is 35.5. The van der Waals surface area contributed by atoms with Crippen molar-refractivity contribution in [3.8, 4) is 0 Å². The molecular formula is C13H15ClN2S. The van der Waals surface area contributed by atoms with Crippen molar-refractivity contribution in [1.82, 2.24) is 9.55 Å². The van der Waals surface area contributed by atoms with Crippen LogP contribution in [0, 0.1) is 10.7 Å². The van der Waals surface area contributed by atoms with E-state index in [9.17, 15) is 0 Å². The molecule has 0 aliphatic heterocycles. The van der Waals surface area contributed by atoms with Gasteiger partial charge in [0, 0.05) is 6.04 Å². The second-order valence-electron chi connectivity index (χ2n) is 4.96. The lowest BCUT2D eigenvalue weighted by atomic mass is 10.1. The molecule has 0 amide bonds. The van der Waals surface area contributed by atoms with Gasteiger partial charge in [-0.15, -0.1) is 0 Å². The summed E-state index contributed by atoms with van der Waals surface area (Å²) in [6.07, 6.45) is 3.94. The zero-order valence-corrected chi connectivity index (χ0v) is 11.3. The van der Waals surface area contributed by atoms with E-state index in [0.29, 0.717) is 6.04 Å². The maximum absolute atomic E-state index is 6.28. The van der Waals surface area contributed by atoms with Crippen LogP contribution >= 0.6 is 23.8 Å². The molecule has 1 fully saturated rings. The van der Waals surface area contributed by atoms with E-state index in [1.54, 1.807) is 0 Å². The summed E-state index contributed by atoms with van der Waals surface area (Å²) in [5.74, 6) is 0.888. The second-order valence-corrected chi connectivity index (χ2v) is 5.76. The summed E-state index contributed by atoms with van der Waals surface area (Å²) in [7, 11) is 0. The Kier molecular flexibility index (Phi) is 2.75. The fraction of sp³-hybridized carbons (Fsp3) is 0.462. The monoisotopic (exact) mass is 266 g/mol. The summed E-state index contributed by atoms with van der Waals surface area (Å²) in [6.45, 7) is 2.23. The Labute approximate surface area is 111 Å². The molecule has 1 N–H and O–H groups in total. The molecule has 1 atom stereocenters. The number of nitrogens with zero attached hydrogens (tertiary/aromatic N) is 1. The number of aromatic nitrogens is 2. The standard InChI is InChI=1S/C13H15ClN2S/c1-8(7-9-5-6-9)16-12-10(14)3-2-4-11(12)15-13(16)17/h2-4,8-9H,5-7H2,1H3,(H,15,17). The Morgan fingerprint density at radius 3 is 3.00 bits per heavy atom. The fourth-order valence-corrected chi connectivity index (χ4v) is 3.15. The zero-order chi connectivity index (χ0) is 12.0. The fourth-order valence-electron chi connectivity index (χ4n) is 2.50. The maximum atomic E-state index is 6.28. The lowest BCUT2D eigenvalue weighted by molar-refractivity contribution is 0.483. The molecule has 1 saturated carbocycles. The Morgan fingerprint density at radius 2 is 2.29 bits per heavy atom. The molecule has 1 aromatic heterocycles. The third-order valence-electron chi connectivity index (χ3n) is 3.50. The van der Waals surface area contributed by atoms with Crippen LogP contribution in [-0.2, 0) is 0 Å². The molecule has 0 spiro atoms. The van der Waals surface area contributed by atoms with Gasteiger partial charge in [0.15, 0.2) is 4.77 Å². The van der Waals surface area contributed by atoms with Gasteiger partial charge in [0.1, 0.15) is 0 Å². The Bertz CT molecular complexity index is 609. The largest absolute Gasteiger partial charge is 0.331 e. The van der Waals surface area contributed by atoms with Crippen LogP contribution in [0.25, 0.3) is 11.0 Å². The molecule has 0 bridgehead atoms. The predicted octanol–water partition coefficient (Wildman–Crippen LogP) is 4.71. The molecular weight excluding hydrogens is 252 g/mol. The minimum Gasteiger partial charge on any atom is -0.331 e. The topological polar surface area (TPSA) is 20.7 Å². The molecule has 2 nitrogen and oxygen atoms in total. The van der Waals surface area contributed by atoms with E-state index >= 15 is 0 Å². The summed E-state index contributed by atoms with van der Waals surface area (Å²) in [5, 5.41) is 0.775. The first kappa shape index (κ1) is 11.3. The first-order valence-corrected chi connectivity index (χ1v) is 6.84. The number of H-pyrrole nitrogens is 1. The molecule has 1 aromatic carbocycles. The first-order chi connectivity index (χ1) is 8.16. The maximum Gasteiger partial charge on any atom is 0.178 e. The van der Waals surface area contributed by atoms with Crippen LogP contribution in [0.4, 0.5) is 0 Å². The van der Waals surface area contributed by atoms with Crippen LogP contribution in [0.15, 0.2) is 18.2 Å². The Hall–Kier alpha value is -0.800. The van der Waals surface area contributed by atoms with E-state index < -0.39 is 0 Å². The molecule has 1 aliphatic rings. The van der Waals surface area contributed by atoms with Gasteiger partial charge in [-0.3, -0.25) is 0 Å². The van der Waals surface area contributed by atoms with E-state index in [2.05, 4.69) is 16.5 Å². The van der Waals surface area contributed by atoms with Crippen LogP contribution in [0.5, 0.6) is 0 Å². The molecule has 90 valence electrons. The van der Waals surface area contributed by atoms with Crippen LogP contribution in [-0.4, -0.2) is 9.55 Å². The highest BCUT2D eigenvalue weighted by molar-refractivity contribution is 7.71. The Balaban J connectivity index is 2.13. The van der Waals surface area contributed by atoms with Gasteiger partial charge in [0.25, 0.3) is 0 Å². The number of nitrogens with one attached hydrogen (secondary N) is 1. The minimum atomic E-state index is 0.420. The van der Waals surface area contributed by atoms with Gasteiger partial charge in [0.05, 0.1) is 16.1 Å². The van der Waals surface area contributed by atoms with Crippen molar-refractivity contribution in [2.24, 2.45) is 5.92 Å². The van der Waals surface area contributed by atoms with Crippen LogP contribution in [0.3, 0.4) is 0 Å². The van der Waals surface area contributed by atoms with E-state index in [1.807, 2.05) is 18.2 Å². The summed E-state index contributed by atoms with van der Waals surface area (Å²) >= 11 is 11.7. The van der Waals surface area contributed by atoms with Gasteiger partial charge in [-0.05, 0) is 43.6 Å². The van der Waals surface area contributed by atoms with Crippen molar-refractivity contribution in [1.29, 1.82) is 0 Å². The van der Waals surface area contributed by atoms with E-state index in [0.717, 1.165) is 26.7 Å². The smallest absolute Gasteiger partial charge is 0.178 e. The molecule has 1 aliphatic carbocycles. The summed E-state index contributed by atoms with van der Waals surface area (Å²) < 4.78 is 2.95. The quantitative estimate of drug-likeness (QED) is 0.798. The summed E-state index contributed by atoms with van der Waals surface area (Å²) in [6, 6.07) is 6.32. The van der Waals surface area contributed by atoms with Gasteiger partial charge >= 0.3 is 0 Å². The summed E-state index contributed by atoms with van der Waals surface area (Å²) in [5.41, 5.74) is 2.08. The predicted molar refractivity (Wildman–Crippen MR) is 74.2 cm³/mol. The van der Waals surface area contributed by atoms with Gasteiger partial charge < -0.3 is 9.55 Å². The highest BCUT2D eigenvalue weighted by Crippen LogP contribution is 2.38. The van der Waals surface area contributed by atoms with Crippen LogP contribution in [0.2, 0.25) is 5.02 Å². The highest BCUT2D eigenvalue weighted by Gasteiger charge is 2.25. The lowest BCUT2D eigenvalue weighted by Crippen LogP contribution is -2.06. The molecule has 2 aromatic rings. The van der Waals surface area contributed by atoms with Crippen LogP contribution in [0.1, 0.15) is 32.2 Å². The number of hydrogen-bond donors (Lipinski definition) is 1. The number of para-hydroxylation sites is 1. The zero-order valence-electron chi connectivity index (χ0n) is 9.74. The number of aromatic amines is 1. The molecule has 0 saturated heterocycles. The number of rotatable bonds is 3. The van der Waals surface area contributed by atoms with E-state index in [4.69, 9.17) is 23.8 Å². The number of imidazole rings is 1. The molecule has 17 heavy (non-hydrogen) atoms. The molecule has 0 radical (unpaired) electrons. The van der Waals surface area contributed by atoms with Crippen molar-refractivity contribution in [3.63, 3.8) is 0 Å². The molecule has 1 unspecified atom stereocenters. The SMILES string of the molecule is CC(CC1CC1)n1c(=S)[nH]c2cccc(Cl)c21. The van der Waals surface area contributed by atoms with Crippen molar-refractivity contribution in [2.75, 3.05) is 0 Å². The van der Waals surface area contributed by atoms with Gasteiger partial charge in [0.2, 0.25) is 0 Å². The van der Waals surface area contributed by atoms with Gasteiger partial charge in [-0.1, -0.05) is 30.5 Å². The number of hydrogen-bond acceptors (Lipinski definition) is 1. The molecule has 1 heterocycles. The average Bonchev–Trinajstić information content (AvgIpc) is 3.00. The second kappa shape index (κ2) is 4.14. The number of benzene rings is 1. The first-order valence-electron chi connectivity index (χ1n) is 6.05. The Morgan fingerprint density at radius 1 is 1.53 bits per heavy atom.